The predicted octanol–water partition coefficient (Wildman–Crippen LogP) is 2.38. The van der Waals surface area contributed by atoms with Crippen molar-refractivity contribution in [3.63, 3.8) is 0 Å². The van der Waals surface area contributed by atoms with Gasteiger partial charge in [0, 0.05) is 5.57 Å². The molecule has 2 unspecified atom stereocenters. The molecule has 0 spiro atoms. The highest BCUT2D eigenvalue weighted by Gasteiger charge is 2.36. The summed E-state index contributed by atoms with van der Waals surface area (Å²) < 4.78 is 24.0. The lowest BCUT2D eigenvalue weighted by atomic mass is 10.1. The molecule has 2 atom stereocenters. The number of hydrogen-bond donors (Lipinski definition) is 0. The maximum Gasteiger partial charge on any atom is 0.263 e. The van der Waals surface area contributed by atoms with Crippen LogP contribution in [0.4, 0.5) is 8.78 Å². The van der Waals surface area contributed by atoms with E-state index in [1.807, 2.05) is 6.08 Å². The van der Waals surface area contributed by atoms with E-state index in [1.165, 1.54) is 0 Å². The van der Waals surface area contributed by atoms with Crippen LogP contribution in [0.3, 0.4) is 0 Å². The summed E-state index contributed by atoms with van der Waals surface area (Å²) in [4.78, 5) is 0. The van der Waals surface area contributed by atoms with E-state index in [9.17, 15) is 8.78 Å². The van der Waals surface area contributed by atoms with Gasteiger partial charge in [0.2, 0.25) is 0 Å². The molecule has 0 bridgehead atoms. The molecule has 0 aromatic heterocycles. The highest BCUT2D eigenvalue weighted by Crippen LogP contribution is 2.44. The Morgan fingerprint density at radius 2 is 2.20 bits per heavy atom. The van der Waals surface area contributed by atoms with Crippen LogP contribution < -0.4 is 0 Å². The van der Waals surface area contributed by atoms with Crippen LogP contribution in [-0.4, -0.2) is 6.43 Å². The van der Waals surface area contributed by atoms with E-state index in [4.69, 9.17) is 0 Å². The Bertz CT molecular complexity index is 203. The van der Waals surface area contributed by atoms with Crippen molar-refractivity contribution in [2.45, 2.75) is 12.8 Å². The Labute approximate surface area is 58.2 Å². The predicted molar refractivity (Wildman–Crippen MR) is 34.8 cm³/mol. The van der Waals surface area contributed by atoms with Crippen molar-refractivity contribution >= 4 is 0 Å². The third kappa shape index (κ3) is 0.877. The van der Waals surface area contributed by atoms with Crippen molar-refractivity contribution in [1.82, 2.24) is 0 Å². The minimum Gasteiger partial charge on any atom is -0.205 e. The number of rotatable bonds is 1. The Hall–Kier alpha value is -0.660. The molecule has 0 heterocycles. The molecule has 0 radical (unpaired) electrons. The lowest BCUT2D eigenvalue weighted by Crippen LogP contribution is -1.97. The van der Waals surface area contributed by atoms with Crippen LogP contribution in [0.2, 0.25) is 0 Å². The van der Waals surface area contributed by atoms with Gasteiger partial charge >= 0.3 is 0 Å². The molecule has 0 aromatic carbocycles. The molecule has 0 aromatic rings. The van der Waals surface area contributed by atoms with Crippen molar-refractivity contribution < 1.29 is 8.78 Å². The summed E-state index contributed by atoms with van der Waals surface area (Å²) in [6, 6.07) is 0. The van der Waals surface area contributed by atoms with Crippen LogP contribution in [0.25, 0.3) is 0 Å². The van der Waals surface area contributed by atoms with Gasteiger partial charge in [-0.05, 0) is 18.3 Å². The van der Waals surface area contributed by atoms with E-state index in [0.717, 1.165) is 6.42 Å². The molecule has 1 fully saturated rings. The molecular formula is C8H8F2. The fourth-order valence-electron chi connectivity index (χ4n) is 1.33. The van der Waals surface area contributed by atoms with Gasteiger partial charge in [-0.2, -0.15) is 0 Å². The van der Waals surface area contributed by atoms with Gasteiger partial charge in [0.1, 0.15) is 0 Å². The Kier molecular flexibility index (Phi) is 1.16. The number of hydrogen-bond acceptors (Lipinski definition) is 0. The number of alkyl halides is 2. The van der Waals surface area contributed by atoms with Gasteiger partial charge in [0.15, 0.2) is 0 Å². The summed E-state index contributed by atoms with van der Waals surface area (Å²) in [7, 11) is 0. The number of halogens is 2. The zero-order valence-corrected chi connectivity index (χ0v) is 5.43. The molecule has 2 heteroatoms. The SMILES string of the molecule is FC(F)C1=CC2CC2C=C1. The maximum absolute atomic E-state index is 12.0. The quantitative estimate of drug-likeness (QED) is 0.527. The minimum absolute atomic E-state index is 0.207. The standard InChI is InChI=1S/C8H8F2/c9-8(10)6-2-1-5-3-7(5)4-6/h1-2,4-5,7-8H,3H2. The zero-order chi connectivity index (χ0) is 7.14. The van der Waals surface area contributed by atoms with E-state index in [0.29, 0.717) is 11.8 Å². The molecule has 0 N–H and O–H groups in total. The van der Waals surface area contributed by atoms with Gasteiger partial charge in [-0.15, -0.1) is 0 Å². The molecule has 0 saturated heterocycles. The van der Waals surface area contributed by atoms with Crippen molar-refractivity contribution in [2.24, 2.45) is 11.8 Å². The first-order chi connectivity index (χ1) is 4.77. The lowest BCUT2D eigenvalue weighted by molar-refractivity contribution is 0.193. The van der Waals surface area contributed by atoms with Crippen LogP contribution in [0, 0.1) is 11.8 Å². The molecule has 2 aliphatic rings. The van der Waals surface area contributed by atoms with Gasteiger partial charge in [-0.1, -0.05) is 18.2 Å². The fraction of sp³-hybridized carbons (Fsp3) is 0.500. The maximum atomic E-state index is 12.0. The van der Waals surface area contributed by atoms with E-state index >= 15 is 0 Å². The Morgan fingerprint density at radius 1 is 1.40 bits per heavy atom. The molecule has 2 aliphatic carbocycles. The van der Waals surface area contributed by atoms with Crippen LogP contribution in [0.15, 0.2) is 23.8 Å². The van der Waals surface area contributed by atoms with Gasteiger partial charge in [0.05, 0.1) is 0 Å². The van der Waals surface area contributed by atoms with Gasteiger partial charge in [0.25, 0.3) is 6.43 Å². The summed E-state index contributed by atoms with van der Waals surface area (Å²) in [5.74, 6) is 1.02. The largest absolute Gasteiger partial charge is 0.263 e. The first kappa shape index (κ1) is 6.08. The molecule has 10 heavy (non-hydrogen) atoms. The third-order valence-corrected chi connectivity index (χ3v) is 2.09. The number of fused-ring (bicyclic) bond motifs is 1. The van der Waals surface area contributed by atoms with Gasteiger partial charge in [-0.3, -0.25) is 0 Å². The summed E-state index contributed by atoms with van der Waals surface area (Å²) in [6.45, 7) is 0. The average Bonchev–Trinajstić information content (AvgIpc) is 2.63. The van der Waals surface area contributed by atoms with Gasteiger partial charge < -0.3 is 0 Å². The first-order valence-electron chi connectivity index (χ1n) is 3.45. The summed E-state index contributed by atoms with van der Waals surface area (Å²) >= 11 is 0. The number of allylic oxidation sites excluding steroid dienone is 4. The third-order valence-electron chi connectivity index (χ3n) is 2.09. The zero-order valence-electron chi connectivity index (χ0n) is 5.43. The normalized spacial score (nSPS) is 35.7. The van der Waals surface area contributed by atoms with Crippen molar-refractivity contribution in [3.8, 4) is 0 Å². The lowest BCUT2D eigenvalue weighted by Gasteiger charge is -2.03. The van der Waals surface area contributed by atoms with Crippen molar-refractivity contribution in [1.29, 1.82) is 0 Å². The van der Waals surface area contributed by atoms with Crippen LogP contribution in [0.5, 0.6) is 0 Å². The van der Waals surface area contributed by atoms with E-state index in [2.05, 4.69) is 0 Å². The summed E-state index contributed by atoms with van der Waals surface area (Å²) in [5, 5.41) is 0. The highest BCUT2D eigenvalue weighted by molar-refractivity contribution is 5.31. The van der Waals surface area contributed by atoms with E-state index in [1.54, 1.807) is 12.2 Å². The average molecular weight is 142 g/mol. The molecular weight excluding hydrogens is 134 g/mol. The molecule has 1 saturated carbocycles. The second-order valence-corrected chi connectivity index (χ2v) is 2.89. The van der Waals surface area contributed by atoms with E-state index in [-0.39, 0.29) is 5.57 Å². The van der Waals surface area contributed by atoms with Crippen LogP contribution >= 0.6 is 0 Å². The first-order valence-corrected chi connectivity index (χ1v) is 3.45. The topological polar surface area (TPSA) is 0 Å². The second-order valence-electron chi connectivity index (χ2n) is 2.89. The molecule has 54 valence electrons. The summed E-state index contributed by atoms with van der Waals surface area (Å²) in [6.07, 6.45) is 3.95. The van der Waals surface area contributed by atoms with E-state index < -0.39 is 6.43 Å². The van der Waals surface area contributed by atoms with Crippen LogP contribution in [-0.2, 0) is 0 Å². The smallest absolute Gasteiger partial charge is 0.205 e. The summed E-state index contributed by atoms with van der Waals surface area (Å²) in [5.41, 5.74) is 0.207. The monoisotopic (exact) mass is 142 g/mol. The minimum atomic E-state index is -2.28. The fourth-order valence-corrected chi connectivity index (χ4v) is 1.33. The van der Waals surface area contributed by atoms with Crippen molar-refractivity contribution in [2.75, 3.05) is 0 Å². The van der Waals surface area contributed by atoms with Crippen LogP contribution in [0.1, 0.15) is 6.42 Å². The van der Waals surface area contributed by atoms with Crippen molar-refractivity contribution in [3.05, 3.63) is 23.8 Å². The molecule has 0 amide bonds. The molecule has 0 nitrogen and oxygen atoms in total. The Balaban J connectivity index is 2.16. The van der Waals surface area contributed by atoms with Gasteiger partial charge in [-0.25, -0.2) is 8.78 Å². The Morgan fingerprint density at radius 3 is 2.80 bits per heavy atom. The molecule has 0 aliphatic heterocycles. The second kappa shape index (κ2) is 1.91. The molecule has 2 rings (SSSR count). The highest BCUT2D eigenvalue weighted by atomic mass is 19.3.